The van der Waals surface area contributed by atoms with Gasteiger partial charge in [-0.3, -0.25) is 14.9 Å². The summed E-state index contributed by atoms with van der Waals surface area (Å²) < 4.78 is 0. The number of anilines is 1. The van der Waals surface area contributed by atoms with Crippen LogP contribution in [-0.4, -0.2) is 18.4 Å². The van der Waals surface area contributed by atoms with Crippen molar-refractivity contribution in [1.29, 1.82) is 0 Å². The quantitative estimate of drug-likeness (QED) is 0.855. The standard InChI is InChI=1S/C19H21N3O2/c20-19(24)18(15-5-2-1-3-6-15)21-13-14-8-10-16(11-9-14)22-12-4-7-17(22)23/h1-3,5-6,8-11,18,21H,4,7,12-13H2,(H2,20,24). The Morgan fingerprint density at radius 3 is 2.42 bits per heavy atom. The third-order valence-electron chi connectivity index (χ3n) is 4.25. The molecule has 5 nitrogen and oxygen atoms in total. The minimum absolute atomic E-state index is 0.179. The van der Waals surface area contributed by atoms with Crippen molar-refractivity contribution >= 4 is 17.5 Å². The summed E-state index contributed by atoms with van der Waals surface area (Å²) in [6.45, 7) is 1.31. The van der Waals surface area contributed by atoms with Crippen molar-refractivity contribution in [3.05, 3.63) is 65.7 Å². The zero-order valence-electron chi connectivity index (χ0n) is 13.4. The molecule has 1 atom stereocenters. The lowest BCUT2D eigenvalue weighted by Gasteiger charge is -2.18. The second kappa shape index (κ2) is 7.27. The Labute approximate surface area is 141 Å². The molecule has 2 aromatic rings. The number of rotatable bonds is 6. The molecule has 3 N–H and O–H groups in total. The van der Waals surface area contributed by atoms with E-state index in [1.54, 1.807) is 0 Å². The molecule has 1 aliphatic heterocycles. The summed E-state index contributed by atoms with van der Waals surface area (Å²) in [7, 11) is 0. The molecular formula is C19H21N3O2. The van der Waals surface area contributed by atoms with Crippen molar-refractivity contribution in [1.82, 2.24) is 5.32 Å². The third kappa shape index (κ3) is 3.63. The van der Waals surface area contributed by atoms with E-state index in [4.69, 9.17) is 5.73 Å². The van der Waals surface area contributed by atoms with Gasteiger partial charge in [0.1, 0.15) is 6.04 Å². The fourth-order valence-electron chi connectivity index (χ4n) is 2.96. The highest BCUT2D eigenvalue weighted by molar-refractivity contribution is 5.95. The Balaban J connectivity index is 1.65. The zero-order chi connectivity index (χ0) is 16.9. The van der Waals surface area contributed by atoms with E-state index >= 15 is 0 Å². The van der Waals surface area contributed by atoms with Crippen molar-refractivity contribution in [3.63, 3.8) is 0 Å². The highest BCUT2D eigenvalue weighted by Gasteiger charge is 2.21. The lowest BCUT2D eigenvalue weighted by Crippen LogP contribution is -2.33. The van der Waals surface area contributed by atoms with Crippen LogP contribution in [0.15, 0.2) is 54.6 Å². The lowest BCUT2D eigenvalue weighted by atomic mass is 10.1. The number of hydrogen-bond acceptors (Lipinski definition) is 3. The summed E-state index contributed by atoms with van der Waals surface area (Å²) >= 11 is 0. The predicted molar refractivity (Wildman–Crippen MR) is 93.2 cm³/mol. The van der Waals surface area contributed by atoms with E-state index < -0.39 is 11.9 Å². The average Bonchev–Trinajstić information content (AvgIpc) is 3.02. The molecule has 1 saturated heterocycles. The molecular weight excluding hydrogens is 302 g/mol. The van der Waals surface area contributed by atoms with Crippen LogP contribution < -0.4 is 16.0 Å². The van der Waals surface area contributed by atoms with Gasteiger partial charge in [-0.15, -0.1) is 0 Å². The molecule has 5 heteroatoms. The summed E-state index contributed by atoms with van der Waals surface area (Å²) in [5, 5.41) is 3.19. The van der Waals surface area contributed by atoms with Crippen molar-refractivity contribution in [2.45, 2.75) is 25.4 Å². The van der Waals surface area contributed by atoms with Gasteiger partial charge in [0.25, 0.3) is 0 Å². The van der Waals surface area contributed by atoms with E-state index in [0.29, 0.717) is 13.0 Å². The first kappa shape index (κ1) is 16.2. The predicted octanol–water partition coefficient (Wildman–Crippen LogP) is 2.13. The second-order valence-electron chi connectivity index (χ2n) is 5.94. The molecule has 3 rings (SSSR count). The van der Waals surface area contributed by atoms with Gasteiger partial charge in [-0.25, -0.2) is 0 Å². The first-order chi connectivity index (χ1) is 11.6. The fourth-order valence-corrected chi connectivity index (χ4v) is 2.96. The number of nitrogens with zero attached hydrogens (tertiary/aromatic N) is 1. The Morgan fingerprint density at radius 2 is 1.83 bits per heavy atom. The van der Waals surface area contributed by atoms with E-state index in [9.17, 15) is 9.59 Å². The molecule has 2 amide bonds. The molecule has 1 unspecified atom stereocenters. The summed E-state index contributed by atoms with van der Waals surface area (Å²) in [6.07, 6.45) is 1.54. The van der Waals surface area contributed by atoms with E-state index in [-0.39, 0.29) is 5.91 Å². The van der Waals surface area contributed by atoms with Crippen molar-refractivity contribution in [2.75, 3.05) is 11.4 Å². The fraction of sp³-hybridized carbons (Fsp3) is 0.263. The average molecular weight is 323 g/mol. The van der Waals surface area contributed by atoms with Crippen LogP contribution in [0.25, 0.3) is 0 Å². The van der Waals surface area contributed by atoms with E-state index in [1.807, 2.05) is 59.5 Å². The smallest absolute Gasteiger partial charge is 0.239 e. The molecule has 124 valence electrons. The molecule has 0 radical (unpaired) electrons. The molecule has 24 heavy (non-hydrogen) atoms. The van der Waals surface area contributed by atoms with Crippen LogP contribution >= 0.6 is 0 Å². The molecule has 0 bridgehead atoms. The summed E-state index contributed by atoms with van der Waals surface area (Å²) in [4.78, 5) is 25.3. The molecule has 0 aromatic heterocycles. The molecule has 1 heterocycles. The number of carbonyl (C=O) groups excluding carboxylic acids is 2. The van der Waals surface area contributed by atoms with Crippen LogP contribution in [0.4, 0.5) is 5.69 Å². The van der Waals surface area contributed by atoms with Crippen LogP contribution in [0.5, 0.6) is 0 Å². The summed E-state index contributed by atoms with van der Waals surface area (Å²) in [5.41, 5.74) is 8.32. The minimum atomic E-state index is -0.522. The van der Waals surface area contributed by atoms with Gasteiger partial charge in [0.15, 0.2) is 0 Å². The molecule has 0 saturated carbocycles. The van der Waals surface area contributed by atoms with Gasteiger partial charge in [0.2, 0.25) is 11.8 Å². The highest BCUT2D eigenvalue weighted by Crippen LogP contribution is 2.22. The number of primary amides is 1. The lowest BCUT2D eigenvalue weighted by molar-refractivity contribution is -0.120. The number of nitrogens with two attached hydrogens (primary N) is 1. The van der Waals surface area contributed by atoms with E-state index in [0.717, 1.165) is 29.8 Å². The van der Waals surface area contributed by atoms with Gasteiger partial charge in [-0.05, 0) is 29.7 Å². The normalized spacial score (nSPS) is 15.5. The SMILES string of the molecule is NC(=O)C(NCc1ccc(N2CCCC2=O)cc1)c1ccccc1. The topological polar surface area (TPSA) is 75.4 Å². The van der Waals surface area contributed by atoms with Crippen molar-refractivity contribution < 1.29 is 9.59 Å². The Kier molecular flexibility index (Phi) is 4.91. The number of hydrogen-bond donors (Lipinski definition) is 2. The number of amides is 2. The van der Waals surface area contributed by atoms with Gasteiger partial charge in [0.05, 0.1) is 0 Å². The molecule has 1 aliphatic rings. The molecule has 0 aliphatic carbocycles. The molecule has 1 fully saturated rings. The van der Waals surface area contributed by atoms with Gasteiger partial charge < -0.3 is 10.6 Å². The first-order valence-electron chi connectivity index (χ1n) is 8.12. The van der Waals surface area contributed by atoms with Gasteiger partial charge >= 0.3 is 0 Å². The number of carbonyl (C=O) groups is 2. The first-order valence-corrected chi connectivity index (χ1v) is 8.12. The minimum Gasteiger partial charge on any atom is -0.368 e. The zero-order valence-corrected chi connectivity index (χ0v) is 13.4. The van der Waals surface area contributed by atoms with Crippen LogP contribution in [0.2, 0.25) is 0 Å². The highest BCUT2D eigenvalue weighted by atomic mass is 16.2. The van der Waals surface area contributed by atoms with Crippen LogP contribution in [0.3, 0.4) is 0 Å². The largest absolute Gasteiger partial charge is 0.368 e. The molecule has 0 spiro atoms. The van der Waals surface area contributed by atoms with Crippen molar-refractivity contribution in [2.24, 2.45) is 5.73 Å². The summed E-state index contributed by atoms with van der Waals surface area (Å²) in [6, 6.07) is 16.7. The Bertz CT molecular complexity index is 713. The number of benzene rings is 2. The maximum absolute atomic E-state index is 11.8. The summed E-state index contributed by atoms with van der Waals surface area (Å²) in [5.74, 6) is -0.223. The van der Waals surface area contributed by atoms with Gasteiger partial charge in [-0.2, -0.15) is 0 Å². The van der Waals surface area contributed by atoms with Crippen LogP contribution in [-0.2, 0) is 16.1 Å². The maximum Gasteiger partial charge on any atom is 0.239 e. The van der Waals surface area contributed by atoms with Crippen LogP contribution in [0.1, 0.15) is 30.0 Å². The van der Waals surface area contributed by atoms with E-state index in [1.165, 1.54) is 0 Å². The number of nitrogens with one attached hydrogen (secondary N) is 1. The van der Waals surface area contributed by atoms with Gasteiger partial charge in [0, 0.05) is 25.2 Å². The van der Waals surface area contributed by atoms with Crippen molar-refractivity contribution in [3.8, 4) is 0 Å². The van der Waals surface area contributed by atoms with Crippen LogP contribution in [0, 0.1) is 0 Å². The van der Waals surface area contributed by atoms with E-state index in [2.05, 4.69) is 5.32 Å². The Hall–Kier alpha value is -2.66. The maximum atomic E-state index is 11.8. The third-order valence-corrected chi connectivity index (χ3v) is 4.25. The Morgan fingerprint density at radius 1 is 1.12 bits per heavy atom. The molecule has 2 aromatic carbocycles. The second-order valence-corrected chi connectivity index (χ2v) is 5.94. The van der Waals surface area contributed by atoms with Gasteiger partial charge in [-0.1, -0.05) is 42.5 Å². The monoisotopic (exact) mass is 323 g/mol.